The molecule has 6 nitrogen and oxygen atoms in total. The number of nitrogens with zero attached hydrogens (tertiary/aromatic N) is 2. The first-order valence-electron chi connectivity index (χ1n) is 25.8. The Kier molecular flexibility index (Phi) is 39.3. The second-order valence-corrected chi connectivity index (χ2v) is 18.3. The van der Waals surface area contributed by atoms with Crippen molar-refractivity contribution in [1.29, 1.82) is 0 Å². The minimum atomic E-state index is -0.0704. The molecule has 0 aromatic rings. The Morgan fingerprint density at radius 2 is 0.789 bits per heavy atom. The molecule has 0 N–H and O–H groups in total. The average molecular weight is 805 g/mol. The molecule has 0 bridgehead atoms. The fraction of sp³-hybridized carbons (Fsp3) is 0.961. The lowest BCUT2D eigenvalue weighted by atomic mass is 9.94. The fourth-order valence-corrected chi connectivity index (χ4v) is 8.73. The molecule has 0 amide bonds. The van der Waals surface area contributed by atoms with Gasteiger partial charge < -0.3 is 19.3 Å². The van der Waals surface area contributed by atoms with Crippen molar-refractivity contribution in [2.24, 2.45) is 11.8 Å². The van der Waals surface area contributed by atoms with Crippen LogP contribution < -0.4 is 0 Å². The minimum Gasteiger partial charge on any atom is -0.465 e. The molecule has 1 rings (SSSR count). The third-order valence-electron chi connectivity index (χ3n) is 12.7. The van der Waals surface area contributed by atoms with Crippen LogP contribution in [-0.2, 0) is 19.1 Å². The number of hydrogen-bond acceptors (Lipinski definition) is 6. The normalized spacial score (nSPS) is 13.7. The number of carbonyl (C=O) groups excluding carboxylic acids is 2. The van der Waals surface area contributed by atoms with E-state index < -0.39 is 0 Å². The van der Waals surface area contributed by atoms with Crippen LogP contribution in [0.15, 0.2) is 0 Å². The Balaban J connectivity index is 2.65. The highest BCUT2D eigenvalue weighted by molar-refractivity contribution is 5.70. The largest absolute Gasteiger partial charge is 0.465 e. The maximum atomic E-state index is 13.2. The highest BCUT2D eigenvalue weighted by Gasteiger charge is 2.17. The lowest BCUT2D eigenvalue weighted by Crippen LogP contribution is -2.33. The van der Waals surface area contributed by atoms with Gasteiger partial charge in [0.1, 0.15) is 0 Å². The van der Waals surface area contributed by atoms with E-state index >= 15 is 0 Å². The standard InChI is InChI=1S/C51H100N2O4/c1-5-9-13-17-21-26-34-48(35-27-22-18-14-10-6-2)46-56-50(54)38-44-53(43-33-32-42-52-40-30-25-31-41-52)45-39-51(55)57-47-49(36-28-23-19-15-11-7-3)37-29-24-20-16-12-8-4/h48-49H,5-47H2,1-4H3. The van der Waals surface area contributed by atoms with Gasteiger partial charge in [0.05, 0.1) is 26.1 Å². The van der Waals surface area contributed by atoms with E-state index in [0.29, 0.717) is 51.0 Å². The molecule has 0 aromatic carbocycles. The van der Waals surface area contributed by atoms with E-state index in [1.54, 1.807) is 0 Å². The maximum absolute atomic E-state index is 13.2. The SMILES string of the molecule is CCCCCCCCC(CCCCCCCC)COC(=O)CCN(CCCCN1CCCCC1)CCC(=O)OCC(CCCCCCCC)CCCCCCCC. The highest BCUT2D eigenvalue weighted by atomic mass is 16.5. The van der Waals surface area contributed by atoms with Crippen molar-refractivity contribution < 1.29 is 19.1 Å². The van der Waals surface area contributed by atoms with E-state index in [2.05, 4.69) is 37.5 Å². The van der Waals surface area contributed by atoms with E-state index in [9.17, 15) is 9.59 Å². The van der Waals surface area contributed by atoms with Crippen LogP contribution in [0.5, 0.6) is 0 Å². The number of carbonyl (C=O) groups is 2. The van der Waals surface area contributed by atoms with Crippen LogP contribution in [0.2, 0.25) is 0 Å². The van der Waals surface area contributed by atoms with Crippen molar-refractivity contribution in [3.63, 3.8) is 0 Å². The molecule has 0 unspecified atom stereocenters. The summed E-state index contributed by atoms with van der Waals surface area (Å²) in [5.74, 6) is 0.828. The molecule has 0 radical (unpaired) electrons. The molecular formula is C51H100N2O4. The van der Waals surface area contributed by atoms with Crippen LogP contribution in [-0.4, -0.2) is 74.2 Å². The quantitative estimate of drug-likeness (QED) is 0.0452. The fourth-order valence-electron chi connectivity index (χ4n) is 8.73. The number of likely N-dealkylation sites (tertiary alicyclic amines) is 1. The molecule has 6 heteroatoms. The Morgan fingerprint density at radius 1 is 0.439 bits per heavy atom. The molecule has 0 aromatic heterocycles. The van der Waals surface area contributed by atoms with Gasteiger partial charge in [-0.2, -0.15) is 0 Å². The minimum absolute atomic E-state index is 0.0704. The van der Waals surface area contributed by atoms with Gasteiger partial charge in [-0.05, 0) is 89.4 Å². The molecule has 0 atom stereocenters. The summed E-state index contributed by atoms with van der Waals surface area (Å²) >= 11 is 0. The number of piperidine rings is 1. The summed E-state index contributed by atoms with van der Waals surface area (Å²) in [7, 11) is 0. The molecule has 1 fully saturated rings. The van der Waals surface area contributed by atoms with Crippen LogP contribution >= 0.6 is 0 Å². The Hall–Kier alpha value is -1.14. The predicted octanol–water partition coefficient (Wildman–Crippen LogP) is 14.7. The Morgan fingerprint density at radius 3 is 1.16 bits per heavy atom. The number of ether oxygens (including phenoxy) is 2. The number of hydrogen-bond donors (Lipinski definition) is 0. The topological polar surface area (TPSA) is 59.1 Å². The maximum Gasteiger partial charge on any atom is 0.307 e. The zero-order chi connectivity index (χ0) is 41.3. The molecule has 1 heterocycles. The van der Waals surface area contributed by atoms with Gasteiger partial charge in [0.2, 0.25) is 0 Å². The summed E-state index contributed by atoms with van der Waals surface area (Å²) in [6.07, 6.45) is 43.2. The van der Waals surface area contributed by atoms with Crippen LogP contribution in [0.1, 0.15) is 252 Å². The predicted molar refractivity (Wildman–Crippen MR) is 246 cm³/mol. The summed E-state index contributed by atoms with van der Waals surface area (Å²) in [6, 6.07) is 0. The molecule has 0 spiro atoms. The van der Waals surface area contributed by atoms with Gasteiger partial charge in [0.15, 0.2) is 0 Å². The van der Waals surface area contributed by atoms with Gasteiger partial charge in [-0.15, -0.1) is 0 Å². The summed E-state index contributed by atoms with van der Waals surface area (Å²) < 4.78 is 12.0. The van der Waals surface area contributed by atoms with Crippen molar-refractivity contribution in [1.82, 2.24) is 9.80 Å². The molecule has 0 saturated carbocycles. The number of esters is 2. The lowest BCUT2D eigenvalue weighted by molar-refractivity contribution is -0.145. The van der Waals surface area contributed by atoms with Gasteiger partial charge in [0.25, 0.3) is 0 Å². The van der Waals surface area contributed by atoms with Crippen molar-refractivity contribution in [3.05, 3.63) is 0 Å². The molecule has 1 aliphatic rings. The first-order chi connectivity index (χ1) is 28.0. The zero-order valence-electron chi connectivity index (χ0n) is 39.1. The van der Waals surface area contributed by atoms with Crippen molar-refractivity contribution >= 4 is 11.9 Å². The van der Waals surface area contributed by atoms with Gasteiger partial charge in [0, 0.05) is 13.1 Å². The Bertz CT molecular complexity index is 774. The smallest absolute Gasteiger partial charge is 0.307 e. The summed E-state index contributed by atoms with van der Waals surface area (Å²) in [5, 5.41) is 0. The van der Waals surface area contributed by atoms with E-state index in [1.165, 1.54) is 219 Å². The number of rotatable bonds is 43. The average Bonchev–Trinajstić information content (AvgIpc) is 3.22. The van der Waals surface area contributed by atoms with Crippen molar-refractivity contribution in [2.45, 2.75) is 252 Å². The van der Waals surface area contributed by atoms with Crippen LogP contribution in [0.25, 0.3) is 0 Å². The van der Waals surface area contributed by atoms with Crippen LogP contribution in [0, 0.1) is 11.8 Å². The second kappa shape index (κ2) is 41.6. The van der Waals surface area contributed by atoms with E-state index in [0.717, 1.165) is 19.5 Å². The summed E-state index contributed by atoms with van der Waals surface area (Å²) in [6.45, 7) is 16.1. The first kappa shape index (κ1) is 53.9. The van der Waals surface area contributed by atoms with E-state index in [-0.39, 0.29) is 11.9 Å². The number of unbranched alkanes of at least 4 members (excludes halogenated alkanes) is 21. The van der Waals surface area contributed by atoms with E-state index in [1.807, 2.05) is 0 Å². The molecule has 1 saturated heterocycles. The molecule has 57 heavy (non-hydrogen) atoms. The monoisotopic (exact) mass is 805 g/mol. The summed E-state index contributed by atoms with van der Waals surface area (Å²) in [4.78, 5) is 31.3. The van der Waals surface area contributed by atoms with Gasteiger partial charge in [-0.25, -0.2) is 0 Å². The Labute approximate surface area is 356 Å². The van der Waals surface area contributed by atoms with Crippen molar-refractivity contribution in [2.75, 3.05) is 52.5 Å². The van der Waals surface area contributed by atoms with Gasteiger partial charge in [-0.1, -0.05) is 188 Å². The molecule has 0 aliphatic carbocycles. The first-order valence-corrected chi connectivity index (χ1v) is 25.8. The molecular weight excluding hydrogens is 705 g/mol. The third kappa shape index (κ3) is 35.3. The second-order valence-electron chi connectivity index (χ2n) is 18.3. The summed E-state index contributed by atoms with van der Waals surface area (Å²) in [5.41, 5.74) is 0. The third-order valence-corrected chi connectivity index (χ3v) is 12.7. The van der Waals surface area contributed by atoms with Crippen LogP contribution in [0.4, 0.5) is 0 Å². The molecule has 338 valence electrons. The zero-order valence-corrected chi connectivity index (χ0v) is 39.1. The lowest BCUT2D eigenvalue weighted by Gasteiger charge is -2.27. The van der Waals surface area contributed by atoms with Crippen LogP contribution in [0.3, 0.4) is 0 Å². The molecule has 1 aliphatic heterocycles. The van der Waals surface area contributed by atoms with Gasteiger partial charge >= 0.3 is 11.9 Å². The van der Waals surface area contributed by atoms with E-state index in [4.69, 9.17) is 9.47 Å². The highest BCUT2D eigenvalue weighted by Crippen LogP contribution is 2.22. The van der Waals surface area contributed by atoms with Gasteiger partial charge in [-0.3, -0.25) is 9.59 Å². The van der Waals surface area contributed by atoms with Crippen molar-refractivity contribution in [3.8, 4) is 0 Å².